The number of para-hydroxylation sites is 1. The summed E-state index contributed by atoms with van der Waals surface area (Å²) >= 11 is 7.23. The lowest BCUT2D eigenvalue weighted by Crippen LogP contribution is -2.27. The lowest BCUT2D eigenvalue weighted by atomic mass is 10.2. The molecule has 0 bridgehead atoms. The van der Waals surface area contributed by atoms with Crippen LogP contribution < -0.4 is 4.72 Å². The Bertz CT molecular complexity index is 902. The zero-order valence-electron chi connectivity index (χ0n) is 11.6. The molecule has 1 aromatic carbocycles. The van der Waals surface area contributed by atoms with Crippen LogP contribution in [0.3, 0.4) is 0 Å². The van der Waals surface area contributed by atoms with Crippen molar-refractivity contribution >= 4 is 43.9 Å². The first-order chi connectivity index (χ1) is 10.4. The number of hydrogen-bond donors (Lipinski definition) is 1. The van der Waals surface area contributed by atoms with Crippen LogP contribution in [0.5, 0.6) is 0 Å². The lowest BCUT2D eigenvalue weighted by Gasteiger charge is -2.11. The molecule has 22 heavy (non-hydrogen) atoms. The number of nitrogens with one attached hydrogen (secondary N) is 1. The number of aromatic nitrogens is 1. The maximum atomic E-state index is 12.3. The SMILES string of the molecule is C[C@H](NS(=O)(=O)Cc1noc2ccccc12)c1ccc(Cl)s1. The molecule has 0 spiro atoms. The van der Waals surface area contributed by atoms with E-state index < -0.39 is 10.0 Å². The van der Waals surface area contributed by atoms with Crippen molar-refractivity contribution in [3.63, 3.8) is 0 Å². The number of nitrogens with zero attached hydrogens (tertiary/aromatic N) is 1. The summed E-state index contributed by atoms with van der Waals surface area (Å²) in [6, 6.07) is 10.4. The number of sulfonamides is 1. The van der Waals surface area contributed by atoms with E-state index in [-0.39, 0.29) is 11.8 Å². The first-order valence-electron chi connectivity index (χ1n) is 6.53. The quantitative estimate of drug-likeness (QED) is 0.756. The molecule has 0 aliphatic heterocycles. The summed E-state index contributed by atoms with van der Waals surface area (Å²) in [5, 5.41) is 4.56. The van der Waals surface area contributed by atoms with Gasteiger partial charge in [-0.2, -0.15) is 0 Å². The molecule has 0 fully saturated rings. The Hall–Kier alpha value is -1.41. The molecule has 1 N–H and O–H groups in total. The van der Waals surface area contributed by atoms with E-state index in [2.05, 4.69) is 9.88 Å². The predicted molar refractivity (Wildman–Crippen MR) is 87.5 cm³/mol. The predicted octanol–water partition coefficient (Wildman–Crippen LogP) is 3.72. The highest BCUT2D eigenvalue weighted by Gasteiger charge is 2.21. The van der Waals surface area contributed by atoms with Crippen molar-refractivity contribution < 1.29 is 12.9 Å². The fourth-order valence-electron chi connectivity index (χ4n) is 2.15. The Kier molecular flexibility index (Phi) is 4.22. The van der Waals surface area contributed by atoms with E-state index in [9.17, 15) is 8.42 Å². The average molecular weight is 357 g/mol. The van der Waals surface area contributed by atoms with Crippen molar-refractivity contribution in [2.45, 2.75) is 18.7 Å². The summed E-state index contributed by atoms with van der Waals surface area (Å²) in [6.45, 7) is 1.78. The van der Waals surface area contributed by atoms with Gasteiger partial charge < -0.3 is 4.52 Å². The molecule has 3 aromatic rings. The third kappa shape index (κ3) is 3.33. The van der Waals surface area contributed by atoms with Crippen LogP contribution in [0.4, 0.5) is 0 Å². The largest absolute Gasteiger partial charge is 0.356 e. The number of benzene rings is 1. The van der Waals surface area contributed by atoms with Gasteiger partial charge in [0, 0.05) is 10.3 Å². The Morgan fingerprint density at radius 3 is 2.82 bits per heavy atom. The van der Waals surface area contributed by atoms with Crippen LogP contribution in [0.15, 0.2) is 40.9 Å². The van der Waals surface area contributed by atoms with Gasteiger partial charge in [-0.25, -0.2) is 13.1 Å². The van der Waals surface area contributed by atoms with Gasteiger partial charge >= 0.3 is 0 Å². The van der Waals surface area contributed by atoms with Gasteiger partial charge in [0.2, 0.25) is 10.0 Å². The highest BCUT2D eigenvalue weighted by molar-refractivity contribution is 7.88. The van der Waals surface area contributed by atoms with Crippen molar-refractivity contribution in [1.29, 1.82) is 0 Å². The second kappa shape index (κ2) is 6.00. The molecule has 3 rings (SSSR count). The number of thiophene rings is 1. The van der Waals surface area contributed by atoms with E-state index in [1.54, 1.807) is 25.1 Å². The molecule has 2 aromatic heterocycles. The van der Waals surface area contributed by atoms with E-state index in [0.29, 0.717) is 21.0 Å². The lowest BCUT2D eigenvalue weighted by molar-refractivity contribution is 0.448. The Labute approximate surface area is 136 Å². The minimum absolute atomic E-state index is 0.229. The standard InChI is InChI=1S/C14H13ClN2O3S2/c1-9(13-6-7-14(15)21-13)17-22(18,19)8-11-10-4-2-3-5-12(10)20-16-11/h2-7,9,17H,8H2,1H3/t9-/m0/s1. The Morgan fingerprint density at radius 2 is 2.09 bits per heavy atom. The summed E-state index contributed by atoms with van der Waals surface area (Å²) in [4.78, 5) is 0.860. The summed E-state index contributed by atoms with van der Waals surface area (Å²) in [5.74, 6) is -0.229. The van der Waals surface area contributed by atoms with Gasteiger partial charge in [0.05, 0.1) is 10.4 Å². The van der Waals surface area contributed by atoms with Gasteiger partial charge in [-0.15, -0.1) is 11.3 Å². The van der Waals surface area contributed by atoms with Gasteiger partial charge in [-0.05, 0) is 31.2 Å². The number of halogens is 1. The molecule has 2 heterocycles. The zero-order valence-corrected chi connectivity index (χ0v) is 14.0. The number of fused-ring (bicyclic) bond motifs is 1. The van der Waals surface area contributed by atoms with E-state index in [0.717, 1.165) is 4.88 Å². The van der Waals surface area contributed by atoms with Crippen LogP contribution >= 0.6 is 22.9 Å². The molecule has 0 aliphatic rings. The molecule has 0 saturated heterocycles. The van der Waals surface area contributed by atoms with Crippen LogP contribution in [-0.2, 0) is 15.8 Å². The van der Waals surface area contributed by atoms with Crippen molar-refractivity contribution in [2.75, 3.05) is 0 Å². The smallest absolute Gasteiger partial charge is 0.218 e. The normalized spacial score (nSPS) is 13.5. The molecular weight excluding hydrogens is 344 g/mol. The topological polar surface area (TPSA) is 72.2 Å². The maximum Gasteiger partial charge on any atom is 0.218 e. The van der Waals surface area contributed by atoms with Crippen molar-refractivity contribution in [3.8, 4) is 0 Å². The molecule has 116 valence electrons. The summed E-state index contributed by atoms with van der Waals surface area (Å²) < 4.78 is 33.0. The Morgan fingerprint density at radius 1 is 1.32 bits per heavy atom. The molecule has 1 atom stereocenters. The molecule has 0 amide bonds. The van der Waals surface area contributed by atoms with Crippen LogP contribution in [0.1, 0.15) is 23.5 Å². The second-order valence-corrected chi connectivity index (χ2v) is 8.37. The van der Waals surface area contributed by atoms with Gasteiger partial charge in [-0.1, -0.05) is 28.9 Å². The van der Waals surface area contributed by atoms with Crippen LogP contribution in [0.2, 0.25) is 4.34 Å². The van der Waals surface area contributed by atoms with Crippen LogP contribution in [0.25, 0.3) is 11.0 Å². The molecule has 0 radical (unpaired) electrons. The first-order valence-corrected chi connectivity index (χ1v) is 9.38. The zero-order chi connectivity index (χ0) is 15.7. The number of rotatable bonds is 5. The summed E-state index contributed by atoms with van der Waals surface area (Å²) in [7, 11) is -3.54. The van der Waals surface area contributed by atoms with Crippen molar-refractivity contribution in [3.05, 3.63) is 51.3 Å². The van der Waals surface area contributed by atoms with E-state index in [4.69, 9.17) is 16.1 Å². The monoisotopic (exact) mass is 356 g/mol. The van der Waals surface area contributed by atoms with Gasteiger partial charge in [0.25, 0.3) is 0 Å². The van der Waals surface area contributed by atoms with E-state index in [1.165, 1.54) is 11.3 Å². The molecule has 0 aliphatic carbocycles. The minimum Gasteiger partial charge on any atom is -0.356 e. The minimum atomic E-state index is -3.54. The van der Waals surface area contributed by atoms with Gasteiger partial charge in [0.1, 0.15) is 11.4 Å². The van der Waals surface area contributed by atoms with Crippen LogP contribution in [-0.4, -0.2) is 13.6 Å². The fourth-order valence-corrected chi connectivity index (χ4v) is 4.61. The van der Waals surface area contributed by atoms with Gasteiger partial charge in [-0.3, -0.25) is 0 Å². The fraction of sp³-hybridized carbons (Fsp3) is 0.214. The highest BCUT2D eigenvalue weighted by Crippen LogP contribution is 2.27. The maximum absolute atomic E-state index is 12.3. The molecule has 0 saturated carbocycles. The second-order valence-electron chi connectivity index (χ2n) is 4.87. The van der Waals surface area contributed by atoms with E-state index in [1.807, 2.05) is 18.2 Å². The average Bonchev–Trinajstić information content (AvgIpc) is 3.05. The summed E-state index contributed by atoms with van der Waals surface area (Å²) in [5.41, 5.74) is 0.977. The van der Waals surface area contributed by atoms with Crippen molar-refractivity contribution in [1.82, 2.24) is 9.88 Å². The van der Waals surface area contributed by atoms with E-state index >= 15 is 0 Å². The number of hydrogen-bond acceptors (Lipinski definition) is 5. The van der Waals surface area contributed by atoms with Crippen molar-refractivity contribution in [2.24, 2.45) is 0 Å². The first kappa shape index (κ1) is 15.5. The Balaban J connectivity index is 1.79. The third-order valence-corrected chi connectivity index (χ3v) is 5.94. The molecular formula is C14H13ClN2O3S2. The third-order valence-electron chi connectivity index (χ3n) is 3.16. The summed E-state index contributed by atoms with van der Waals surface area (Å²) in [6.07, 6.45) is 0. The highest BCUT2D eigenvalue weighted by atomic mass is 35.5. The molecule has 0 unspecified atom stereocenters. The van der Waals surface area contributed by atoms with Crippen LogP contribution in [0, 0.1) is 0 Å². The molecule has 5 nitrogen and oxygen atoms in total. The molecule has 8 heteroatoms. The van der Waals surface area contributed by atoms with Gasteiger partial charge in [0.15, 0.2) is 5.58 Å².